The molecule has 0 fully saturated rings. The highest BCUT2D eigenvalue weighted by Crippen LogP contribution is 2.19. The molecule has 2 heterocycles. The maximum absolute atomic E-state index is 14.3. The van der Waals surface area contributed by atoms with Crippen molar-refractivity contribution in [2.24, 2.45) is 0 Å². The molecule has 0 aliphatic carbocycles. The fourth-order valence-electron chi connectivity index (χ4n) is 3.41. The van der Waals surface area contributed by atoms with Crippen molar-refractivity contribution in [1.29, 1.82) is 0 Å². The number of aryl methyl sites for hydroxylation is 1. The lowest BCUT2D eigenvalue weighted by molar-refractivity contribution is 0.101. The van der Waals surface area contributed by atoms with Crippen molar-refractivity contribution in [1.82, 2.24) is 19.2 Å². The Hall–Kier alpha value is -4.05. The fraction of sp³-hybridized carbons (Fsp3) is 0.217. The van der Waals surface area contributed by atoms with Gasteiger partial charge in [-0.25, -0.2) is 13.9 Å². The predicted octanol–water partition coefficient (Wildman–Crippen LogP) is 2.40. The molecule has 0 aliphatic rings. The fourth-order valence-corrected chi connectivity index (χ4v) is 3.41. The van der Waals surface area contributed by atoms with Crippen LogP contribution in [0.4, 0.5) is 10.1 Å². The number of benzene rings is 2. The van der Waals surface area contributed by atoms with Crippen LogP contribution in [-0.4, -0.2) is 45.8 Å². The van der Waals surface area contributed by atoms with E-state index in [1.807, 2.05) is 19.0 Å². The second kappa shape index (κ2) is 8.83. The molecule has 10 heteroatoms. The van der Waals surface area contributed by atoms with Crippen molar-refractivity contribution in [3.63, 3.8) is 0 Å². The molecule has 4 rings (SSSR count). The van der Waals surface area contributed by atoms with Gasteiger partial charge in [0.25, 0.3) is 5.91 Å². The Bertz CT molecular complexity index is 1470. The number of nitrogens with zero attached hydrogens (tertiary/aromatic N) is 4. The van der Waals surface area contributed by atoms with E-state index >= 15 is 0 Å². The van der Waals surface area contributed by atoms with Crippen molar-refractivity contribution in [2.45, 2.75) is 13.5 Å². The molecule has 0 bridgehead atoms. The molecule has 170 valence electrons. The SMILES string of the molecule is Cc1cc(=O)c(C(=O)Nc2ccc3oc(=O)n(CCN(C)C)c3c2)nn1-c1ccccc1F. The Morgan fingerprint density at radius 1 is 1.15 bits per heavy atom. The number of carbonyl (C=O) groups is 1. The summed E-state index contributed by atoms with van der Waals surface area (Å²) >= 11 is 0. The number of hydrogen-bond acceptors (Lipinski definition) is 6. The number of likely N-dealkylation sites (N-methyl/N-ethyl adjacent to an activating group) is 1. The summed E-state index contributed by atoms with van der Waals surface area (Å²) in [5.41, 5.74) is 0.768. The number of halogens is 1. The zero-order valence-corrected chi connectivity index (χ0v) is 18.3. The molecular weight excluding hydrogens is 429 g/mol. The minimum absolute atomic E-state index is 0.119. The molecule has 0 saturated heterocycles. The second-order valence-electron chi connectivity index (χ2n) is 7.82. The van der Waals surface area contributed by atoms with E-state index in [0.717, 1.165) is 0 Å². The van der Waals surface area contributed by atoms with E-state index in [0.29, 0.717) is 35.6 Å². The number of para-hydroxylation sites is 1. The molecule has 4 aromatic rings. The van der Waals surface area contributed by atoms with E-state index in [9.17, 15) is 18.8 Å². The van der Waals surface area contributed by atoms with E-state index < -0.39 is 22.9 Å². The Morgan fingerprint density at radius 3 is 2.64 bits per heavy atom. The molecule has 2 aromatic heterocycles. The van der Waals surface area contributed by atoms with Gasteiger partial charge in [-0.3, -0.25) is 14.2 Å². The number of anilines is 1. The van der Waals surface area contributed by atoms with Crippen molar-refractivity contribution < 1.29 is 13.6 Å². The Labute approximate surface area is 187 Å². The molecule has 2 aromatic carbocycles. The van der Waals surface area contributed by atoms with E-state index in [4.69, 9.17) is 4.42 Å². The lowest BCUT2D eigenvalue weighted by Gasteiger charge is -2.12. The number of aromatic nitrogens is 3. The van der Waals surface area contributed by atoms with Crippen LogP contribution in [0.1, 0.15) is 16.2 Å². The summed E-state index contributed by atoms with van der Waals surface area (Å²) in [5.74, 6) is -1.79. The van der Waals surface area contributed by atoms with E-state index in [1.165, 1.54) is 33.5 Å². The van der Waals surface area contributed by atoms with Gasteiger partial charge < -0.3 is 14.6 Å². The third-order valence-corrected chi connectivity index (χ3v) is 5.10. The molecule has 0 aliphatic heterocycles. The maximum atomic E-state index is 14.3. The first-order chi connectivity index (χ1) is 15.7. The summed E-state index contributed by atoms with van der Waals surface area (Å²) in [5, 5.41) is 6.73. The third kappa shape index (κ3) is 4.46. The van der Waals surface area contributed by atoms with Crippen LogP contribution in [0.3, 0.4) is 0 Å². The molecule has 0 radical (unpaired) electrons. The molecule has 0 saturated carbocycles. The van der Waals surface area contributed by atoms with Gasteiger partial charge in [0.05, 0.1) is 5.52 Å². The van der Waals surface area contributed by atoms with Crippen LogP contribution in [0.2, 0.25) is 0 Å². The smallest absolute Gasteiger partial charge is 0.408 e. The topological polar surface area (TPSA) is 102 Å². The van der Waals surface area contributed by atoms with E-state index in [2.05, 4.69) is 10.4 Å². The average Bonchev–Trinajstić information content (AvgIpc) is 3.07. The third-order valence-electron chi connectivity index (χ3n) is 5.10. The van der Waals surface area contributed by atoms with Crippen molar-refractivity contribution in [3.05, 3.63) is 86.5 Å². The van der Waals surface area contributed by atoms with Gasteiger partial charge in [-0.2, -0.15) is 5.10 Å². The number of fused-ring (bicyclic) bond motifs is 1. The average molecular weight is 451 g/mol. The molecule has 1 amide bonds. The number of oxazole rings is 1. The van der Waals surface area contributed by atoms with Crippen molar-refractivity contribution in [2.75, 3.05) is 26.0 Å². The summed E-state index contributed by atoms with van der Waals surface area (Å²) in [6, 6.07) is 11.9. The van der Waals surface area contributed by atoms with Gasteiger partial charge >= 0.3 is 5.76 Å². The summed E-state index contributed by atoms with van der Waals surface area (Å²) in [7, 11) is 3.78. The molecule has 0 atom stereocenters. The normalized spacial score (nSPS) is 11.3. The lowest BCUT2D eigenvalue weighted by atomic mass is 10.2. The highest BCUT2D eigenvalue weighted by atomic mass is 19.1. The quantitative estimate of drug-likeness (QED) is 0.483. The first kappa shape index (κ1) is 22.2. The van der Waals surface area contributed by atoms with Crippen molar-refractivity contribution >= 4 is 22.7 Å². The highest BCUT2D eigenvalue weighted by Gasteiger charge is 2.18. The Balaban J connectivity index is 1.68. The summed E-state index contributed by atoms with van der Waals surface area (Å²) in [6.07, 6.45) is 0. The Kier molecular flexibility index (Phi) is 5.93. The number of rotatable bonds is 6. The van der Waals surface area contributed by atoms with Crippen LogP contribution in [-0.2, 0) is 6.54 Å². The van der Waals surface area contributed by atoms with Crippen LogP contribution in [0, 0.1) is 12.7 Å². The van der Waals surface area contributed by atoms with Crippen LogP contribution in [0.15, 0.2) is 62.5 Å². The molecule has 9 nitrogen and oxygen atoms in total. The molecule has 0 spiro atoms. The predicted molar refractivity (Wildman–Crippen MR) is 122 cm³/mol. The van der Waals surface area contributed by atoms with Crippen LogP contribution >= 0.6 is 0 Å². The van der Waals surface area contributed by atoms with Crippen LogP contribution in [0.25, 0.3) is 16.8 Å². The molecule has 33 heavy (non-hydrogen) atoms. The lowest BCUT2D eigenvalue weighted by Crippen LogP contribution is -2.27. The number of amides is 1. The van der Waals surface area contributed by atoms with E-state index in [-0.39, 0.29) is 11.4 Å². The van der Waals surface area contributed by atoms with Gasteiger partial charge in [0.1, 0.15) is 11.5 Å². The Morgan fingerprint density at radius 2 is 1.91 bits per heavy atom. The summed E-state index contributed by atoms with van der Waals surface area (Å²) in [6.45, 7) is 2.62. The monoisotopic (exact) mass is 451 g/mol. The first-order valence-electron chi connectivity index (χ1n) is 10.2. The maximum Gasteiger partial charge on any atom is 0.419 e. The van der Waals surface area contributed by atoms with Crippen LogP contribution in [0.5, 0.6) is 0 Å². The number of nitrogens with one attached hydrogen (secondary N) is 1. The summed E-state index contributed by atoms with van der Waals surface area (Å²) < 4.78 is 22.2. The van der Waals surface area contributed by atoms with Crippen molar-refractivity contribution in [3.8, 4) is 5.69 Å². The van der Waals surface area contributed by atoms with E-state index in [1.54, 1.807) is 31.2 Å². The minimum atomic E-state index is -0.755. The standard InChI is InChI=1S/C23H22FN5O4/c1-14-12-19(30)21(26-29(14)17-7-5-4-6-16(17)24)22(31)25-15-8-9-20-18(13-15)28(23(32)33-20)11-10-27(2)3/h4-9,12-13H,10-11H2,1-3H3,(H,25,31). The number of hydrogen-bond donors (Lipinski definition) is 1. The minimum Gasteiger partial charge on any atom is -0.408 e. The van der Waals surface area contributed by atoms with Gasteiger partial charge in [0.2, 0.25) is 5.43 Å². The van der Waals surface area contributed by atoms with Crippen LogP contribution < -0.4 is 16.5 Å². The van der Waals surface area contributed by atoms with Gasteiger partial charge in [0.15, 0.2) is 11.3 Å². The largest absolute Gasteiger partial charge is 0.419 e. The van der Waals surface area contributed by atoms with Gasteiger partial charge in [-0.15, -0.1) is 0 Å². The van der Waals surface area contributed by atoms with Gasteiger partial charge in [-0.05, 0) is 51.4 Å². The summed E-state index contributed by atoms with van der Waals surface area (Å²) in [4.78, 5) is 39.5. The van der Waals surface area contributed by atoms with Gasteiger partial charge in [-0.1, -0.05) is 12.1 Å². The zero-order valence-electron chi connectivity index (χ0n) is 18.3. The number of carbonyl (C=O) groups excluding carboxylic acids is 1. The molecule has 0 unspecified atom stereocenters. The zero-order chi connectivity index (χ0) is 23.7. The first-order valence-corrected chi connectivity index (χ1v) is 10.2. The molecule has 1 N–H and O–H groups in total. The highest BCUT2D eigenvalue weighted by molar-refractivity contribution is 6.03. The molecular formula is C23H22FN5O4. The van der Waals surface area contributed by atoms with Gasteiger partial charge in [0, 0.05) is 30.5 Å². The second-order valence-corrected chi connectivity index (χ2v) is 7.82.